The van der Waals surface area contributed by atoms with Gasteiger partial charge in [0.2, 0.25) is 0 Å². The molecule has 1 atom stereocenters. The second-order valence-electron chi connectivity index (χ2n) is 5.52. The van der Waals surface area contributed by atoms with E-state index < -0.39 is 0 Å². The van der Waals surface area contributed by atoms with E-state index in [1.807, 2.05) is 30.3 Å². The number of hydrogen-bond donors (Lipinski definition) is 2. The third-order valence-electron chi connectivity index (χ3n) is 3.66. The number of rotatable bonds is 7. The highest BCUT2D eigenvalue weighted by Crippen LogP contribution is 2.18. The molecule has 0 aliphatic heterocycles. The summed E-state index contributed by atoms with van der Waals surface area (Å²) in [4.78, 5) is 19.6. The maximum absolute atomic E-state index is 12.3. The quantitative estimate of drug-likeness (QED) is 0.681. The highest BCUT2D eigenvalue weighted by atomic mass is 35.5. The van der Waals surface area contributed by atoms with Crippen LogP contribution in [0.25, 0.3) is 0 Å². The molecular formula is C19H18ClN3O2. The first-order valence-electron chi connectivity index (χ1n) is 7.91. The number of carbonyl (C=O) groups excluding carboxylic acids is 1. The van der Waals surface area contributed by atoms with Gasteiger partial charge in [-0.2, -0.15) is 0 Å². The Labute approximate surface area is 151 Å². The minimum absolute atomic E-state index is 0.0815. The van der Waals surface area contributed by atoms with Gasteiger partial charge in [-0.15, -0.1) is 0 Å². The Bertz CT molecular complexity index is 807. The van der Waals surface area contributed by atoms with Gasteiger partial charge in [0.15, 0.2) is 6.61 Å². The molecule has 1 heterocycles. The summed E-state index contributed by atoms with van der Waals surface area (Å²) in [6, 6.07) is 16.6. The lowest BCUT2D eigenvalue weighted by atomic mass is 10.0. The predicted molar refractivity (Wildman–Crippen MR) is 96.6 cm³/mol. The lowest BCUT2D eigenvalue weighted by Crippen LogP contribution is -2.34. The molecule has 3 aromatic rings. The molecule has 1 amide bonds. The zero-order chi connectivity index (χ0) is 17.5. The van der Waals surface area contributed by atoms with Crippen molar-refractivity contribution in [1.82, 2.24) is 15.3 Å². The lowest BCUT2D eigenvalue weighted by molar-refractivity contribution is -0.123. The number of nitrogens with zero attached hydrogens (tertiary/aromatic N) is 1. The predicted octanol–water partition coefficient (Wildman–Crippen LogP) is 3.54. The van der Waals surface area contributed by atoms with Crippen LogP contribution < -0.4 is 10.1 Å². The summed E-state index contributed by atoms with van der Waals surface area (Å²) in [6.45, 7) is -0.0815. The molecule has 0 aliphatic rings. The molecule has 0 saturated heterocycles. The van der Waals surface area contributed by atoms with Crippen LogP contribution in [0.5, 0.6) is 5.75 Å². The summed E-state index contributed by atoms with van der Waals surface area (Å²) in [7, 11) is 0. The van der Waals surface area contributed by atoms with Crippen molar-refractivity contribution in [2.75, 3.05) is 6.61 Å². The van der Waals surface area contributed by atoms with E-state index in [4.69, 9.17) is 16.3 Å². The zero-order valence-electron chi connectivity index (χ0n) is 13.5. The Morgan fingerprint density at radius 1 is 1.20 bits per heavy atom. The first kappa shape index (κ1) is 17.0. The topological polar surface area (TPSA) is 67.0 Å². The Kier molecular flexibility index (Phi) is 5.69. The van der Waals surface area contributed by atoms with Gasteiger partial charge < -0.3 is 15.0 Å². The first-order chi connectivity index (χ1) is 12.2. The van der Waals surface area contributed by atoms with Gasteiger partial charge in [0.25, 0.3) is 5.91 Å². The fourth-order valence-corrected chi connectivity index (χ4v) is 2.66. The fraction of sp³-hybridized carbons (Fsp3) is 0.158. The maximum atomic E-state index is 12.3. The minimum Gasteiger partial charge on any atom is -0.484 e. The van der Waals surface area contributed by atoms with Crippen molar-refractivity contribution in [3.8, 4) is 5.75 Å². The average molecular weight is 356 g/mol. The summed E-state index contributed by atoms with van der Waals surface area (Å²) in [6.07, 6.45) is 4.03. The highest BCUT2D eigenvalue weighted by Gasteiger charge is 2.16. The smallest absolute Gasteiger partial charge is 0.258 e. The monoisotopic (exact) mass is 355 g/mol. The molecule has 128 valence electrons. The van der Waals surface area contributed by atoms with Gasteiger partial charge in [0.05, 0.1) is 6.04 Å². The summed E-state index contributed by atoms with van der Waals surface area (Å²) in [5, 5.41) is 3.57. The first-order valence-corrected chi connectivity index (χ1v) is 8.29. The fourth-order valence-electron chi connectivity index (χ4n) is 2.48. The van der Waals surface area contributed by atoms with Crippen molar-refractivity contribution in [3.05, 3.63) is 83.4 Å². The third-order valence-corrected chi connectivity index (χ3v) is 3.89. The number of aromatic amines is 1. The molecule has 2 aromatic carbocycles. The van der Waals surface area contributed by atoms with E-state index >= 15 is 0 Å². The number of amides is 1. The maximum Gasteiger partial charge on any atom is 0.258 e. The molecule has 0 unspecified atom stereocenters. The molecule has 0 bridgehead atoms. The largest absolute Gasteiger partial charge is 0.484 e. The average Bonchev–Trinajstić information content (AvgIpc) is 3.13. The number of halogens is 1. The summed E-state index contributed by atoms with van der Waals surface area (Å²) in [5.74, 6) is 1.16. The molecule has 0 saturated carbocycles. The normalized spacial score (nSPS) is 11.7. The molecule has 2 N–H and O–H groups in total. The van der Waals surface area contributed by atoms with Gasteiger partial charge >= 0.3 is 0 Å². The molecular weight excluding hydrogens is 338 g/mol. The Morgan fingerprint density at radius 3 is 2.76 bits per heavy atom. The zero-order valence-corrected chi connectivity index (χ0v) is 14.2. The van der Waals surface area contributed by atoms with Crippen LogP contribution in [-0.2, 0) is 11.2 Å². The molecule has 6 heteroatoms. The SMILES string of the molecule is O=C(COc1cccc(Cl)c1)N[C@H](Cc1ncc[nH]1)c1ccccc1. The van der Waals surface area contributed by atoms with Gasteiger partial charge in [0, 0.05) is 23.8 Å². The van der Waals surface area contributed by atoms with Crippen LogP contribution in [0.1, 0.15) is 17.4 Å². The van der Waals surface area contributed by atoms with Crippen molar-refractivity contribution in [3.63, 3.8) is 0 Å². The number of nitrogens with one attached hydrogen (secondary N) is 2. The van der Waals surface area contributed by atoms with Crippen LogP contribution in [-0.4, -0.2) is 22.5 Å². The number of carbonyl (C=O) groups is 1. The molecule has 0 spiro atoms. The van der Waals surface area contributed by atoms with E-state index in [9.17, 15) is 4.79 Å². The second-order valence-corrected chi connectivity index (χ2v) is 5.95. The van der Waals surface area contributed by atoms with Gasteiger partial charge in [-0.1, -0.05) is 48.0 Å². The van der Waals surface area contributed by atoms with Crippen LogP contribution in [0.4, 0.5) is 0 Å². The Hall–Kier alpha value is -2.79. The Morgan fingerprint density at radius 2 is 2.04 bits per heavy atom. The van der Waals surface area contributed by atoms with Gasteiger partial charge in [-0.3, -0.25) is 4.79 Å². The van der Waals surface area contributed by atoms with Crippen LogP contribution in [0, 0.1) is 0 Å². The van der Waals surface area contributed by atoms with Crippen molar-refractivity contribution in [2.24, 2.45) is 0 Å². The van der Waals surface area contributed by atoms with Crippen molar-refractivity contribution < 1.29 is 9.53 Å². The van der Waals surface area contributed by atoms with E-state index in [0.717, 1.165) is 11.4 Å². The summed E-state index contributed by atoms with van der Waals surface area (Å²) < 4.78 is 5.50. The van der Waals surface area contributed by atoms with Crippen LogP contribution in [0.15, 0.2) is 67.0 Å². The second kappa shape index (κ2) is 8.35. The summed E-state index contributed by atoms with van der Waals surface area (Å²) in [5.41, 5.74) is 1.01. The van der Waals surface area contributed by atoms with Crippen molar-refractivity contribution in [1.29, 1.82) is 0 Å². The number of benzene rings is 2. The molecule has 1 aromatic heterocycles. The van der Waals surface area contributed by atoms with Crippen LogP contribution >= 0.6 is 11.6 Å². The number of hydrogen-bond acceptors (Lipinski definition) is 3. The van der Waals surface area contributed by atoms with E-state index in [0.29, 0.717) is 17.2 Å². The Balaban J connectivity index is 1.64. The summed E-state index contributed by atoms with van der Waals surface area (Å²) >= 11 is 5.91. The van der Waals surface area contributed by atoms with Crippen molar-refractivity contribution >= 4 is 17.5 Å². The van der Waals surface area contributed by atoms with E-state index in [1.165, 1.54) is 0 Å². The highest BCUT2D eigenvalue weighted by molar-refractivity contribution is 6.30. The van der Waals surface area contributed by atoms with Crippen molar-refractivity contribution in [2.45, 2.75) is 12.5 Å². The third kappa shape index (κ3) is 5.09. The molecule has 0 fully saturated rings. The van der Waals surface area contributed by atoms with Crippen LogP contribution in [0.3, 0.4) is 0 Å². The molecule has 5 nitrogen and oxygen atoms in total. The standard InChI is InChI=1S/C19H18ClN3O2/c20-15-7-4-8-16(11-15)25-13-19(24)23-17(12-18-21-9-10-22-18)14-5-2-1-3-6-14/h1-11,17H,12-13H2,(H,21,22)(H,23,24)/t17-/m1/s1. The van der Waals surface area contributed by atoms with Gasteiger partial charge in [0.1, 0.15) is 11.6 Å². The molecule has 0 radical (unpaired) electrons. The van der Waals surface area contributed by atoms with E-state index in [1.54, 1.807) is 36.7 Å². The van der Waals surface area contributed by atoms with Crippen LogP contribution in [0.2, 0.25) is 5.02 Å². The number of imidazole rings is 1. The van der Waals surface area contributed by atoms with E-state index in [-0.39, 0.29) is 18.6 Å². The minimum atomic E-state index is -0.208. The molecule has 3 rings (SSSR count). The number of aromatic nitrogens is 2. The molecule has 25 heavy (non-hydrogen) atoms. The number of ether oxygens (including phenoxy) is 1. The van der Waals surface area contributed by atoms with Gasteiger partial charge in [-0.25, -0.2) is 4.98 Å². The van der Waals surface area contributed by atoms with E-state index in [2.05, 4.69) is 15.3 Å². The number of H-pyrrole nitrogens is 1. The lowest BCUT2D eigenvalue weighted by Gasteiger charge is -2.18. The molecule has 0 aliphatic carbocycles. The van der Waals surface area contributed by atoms with Gasteiger partial charge in [-0.05, 0) is 23.8 Å².